The molecule has 6 aliphatic carbocycles. The van der Waals surface area contributed by atoms with Crippen molar-refractivity contribution in [2.75, 3.05) is 4.90 Å². The van der Waals surface area contributed by atoms with Gasteiger partial charge in [-0.05, 0) is 171 Å². The Balaban J connectivity index is 1.17. The van der Waals surface area contributed by atoms with Gasteiger partial charge in [0.1, 0.15) is 0 Å². The fourth-order valence-electron chi connectivity index (χ4n) is 12.8. The maximum absolute atomic E-state index is 2.60. The van der Waals surface area contributed by atoms with Gasteiger partial charge in [0, 0.05) is 22.5 Å². The van der Waals surface area contributed by atoms with Crippen LogP contribution in [0.1, 0.15) is 94.9 Å². The Labute approximate surface area is 328 Å². The minimum atomic E-state index is 0.0899. The average molecular weight is 716 g/mol. The van der Waals surface area contributed by atoms with Crippen molar-refractivity contribution in [3.05, 3.63) is 162 Å². The molecule has 1 nitrogen and oxygen atoms in total. The Bertz CT molecular complexity index is 2400. The quantitative estimate of drug-likeness (QED) is 0.172. The molecule has 0 heterocycles. The van der Waals surface area contributed by atoms with Gasteiger partial charge in [-0.3, -0.25) is 0 Å². The first kappa shape index (κ1) is 33.5. The van der Waals surface area contributed by atoms with Gasteiger partial charge in [-0.15, -0.1) is 0 Å². The van der Waals surface area contributed by atoms with Crippen LogP contribution in [0.3, 0.4) is 0 Å². The van der Waals surface area contributed by atoms with Gasteiger partial charge in [-0.25, -0.2) is 0 Å². The van der Waals surface area contributed by atoms with E-state index in [1.54, 1.807) is 11.1 Å². The normalized spacial score (nSPS) is 26.0. The molecule has 6 aliphatic rings. The molecule has 0 aromatic heterocycles. The van der Waals surface area contributed by atoms with Crippen LogP contribution < -0.4 is 4.90 Å². The van der Waals surface area contributed by atoms with Gasteiger partial charge in [0.15, 0.2) is 0 Å². The summed E-state index contributed by atoms with van der Waals surface area (Å²) in [4.78, 5) is 2.57. The van der Waals surface area contributed by atoms with E-state index in [1.165, 1.54) is 107 Å². The van der Waals surface area contributed by atoms with Gasteiger partial charge in [0.05, 0.1) is 0 Å². The van der Waals surface area contributed by atoms with Crippen molar-refractivity contribution in [2.45, 2.75) is 88.9 Å². The van der Waals surface area contributed by atoms with Gasteiger partial charge >= 0.3 is 0 Å². The van der Waals surface area contributed by atoms with Gasteiger partial charge in [0.2, 0.25) is 0 Å². The van der Waals surface area contributed by atoms with E-state index in [2.05, 4.69) is 172 Å². The van der Waals surface area contributed by atoms with Crippen molar-refractivity contribution in [3.63, 3.8) is 0 Å². The molecule has 4 saturated carbocycles. The highest BCUT2D eigenvalue weighted by Gasteiger charge is 2.62. The largest absolute Gasteiger partial charge is 0.310 e. The summed E-state index contributed by atoms with van der Waals surface area (Å²) in [5, 5.41) is 0. The molecule has 12 rings (SSSR count). The highest BCUT2D eigenvalue weighted by atomic mass is 15.1. The van der Waals surface area contributed by atoms with E-state index in [1.807, 2.05) is 0 Å². The highest BCUT2D eigenvalue weighted by Crippen LogP contribution is 2.71. The van der Waals surface area contributed by atoms with E-state index in [0.717, 1.165) is 11.8 Å². The summed E-state index contributed by atoms with van der Waals surface area (Å²) in [6.07, 6.45) is 9.43. The molecule has 1 heteroatoms. The third-order valence-corrected chi connectivity index (χ3v) is 15.3. The lowest BCUT2D eigenvalue weighted by Gasteiger charge is -2.61. The Morgan fingerprint density at radius 3 is 1.64 bits per heavy atom. The Morgan fingerprint density at radius 2 is 0.964 bits per heavy atom. The van der Waals surface area contributed by atoms with E-state index >= 15 is 0 Å². The molecule has 0 atom stereocenters. The number of fused-ring (bicyclic) bond motifs is 4. The summed E-state index contributed by atoms with van der Waals surface area (Å²) in [5.74, 6) is 3.26. The lowest BCUT2D eigenvalue weighted by molar-refractivity contribution is -0.0397. The standard InChI is InChI=1S/C54H53N/c1-52(2)25-26-53(3,4)50-34-43(23-24-49(50)52)55(42-21-19-38(20-22-42)37-13-7-5-8-14-37)44-32-46(39-15-9-6-10-16-39)51-47(33-44)45-17-11-12-18-48(45)54(51)40-28-35-27-36(30-40)31-41(54)29-35/h5-24,32-36,40-41H,25-31H2,1-4H3. The smallest absolute Gasteiger partial charge is 0.0474 e. The number of anilines is 3. The molecule has 4 bridgehead atoms. The van der Waals surface area contributed by atoms with Crippen LogP contribution in [0.4, 0.5) is 17.1 Å². The predicted molar refractivity (Wildman–Crippen MR) is 231 cm³/mol. The van der Waals surface area contributed by atoms with Crippen molar-refractivity contribution >= 4 is 17.1 Å². The van der Waals surface area contributed by atoms with Gasteiger partial charge in [-0.1, -0.05) is 131 Å². The average Bonchev–Trinajstić information content (AvgIpc) is 3.50. The van der Waals surface area contributed by atoms with Crippen molar-refractivity contribution in [3.8, 4) is 33.4 Å². The number of hydrogen-bond donors (Lipinski definition) is 0. The minimum Gasteiger partial charge on any atom is -0.310 e. The second-order valence-electron chi connectivity index (χ2n) is 19.2. The van der Waals surface area contributed by atoms with Crippen molar-refractivity contribution < 1.29 is 0 Å². The molecule has 0 saturated heterocycles. The van der Waals surface area contributed by atoms with Gasteiger partial charge < -0.3 is 4.90 Å². The van der Waals surface area contributed by atoms with Crippen LogP contribution in [0.2, 0.25) is 0 Å². The van der Waals surface area contributed by atoms with Crippen LogP contribution in [0.25, 0.3) is 33.4 Å². The van der Waals surface area contributed by atoms with Crippen LogP contribution >= 0.6 is 0 Å². The van der Waals surface area contributed by atoms with E-state index in [0.29, 0.717) is 11.8 Å². The topological polar surface area (TPSA) is 3.24 Å². The van der Waals surface area contributed by atoms with Crippen molar-refractivity contribution in [2.24, 2.45) is 23.7 Å². The van der Waals surface area contributed by atoms with E-state index in [9.17, 15) is 0 Å². The Morgan fingerprint density at radius 1 is 0.418 bits per heavy atom. The summed E-state index contributed by atoms with van der Waals surface area (Å²) in [6, 6.07) is 53.7. The number of hydrogen-bond acceptors (Lipinski definition) is 1. The molecule has 55 heavy (non-hydrogen) atoms. The molecular formula is C54H53N. The maximum atomic E-state index is 2.60. The van der Waals surface area contributed by atoms with Crippen LogP contribution in [0.5, 0.6) is 0 Å². The third kappa shape index (κ3) is 4.97. The first-order valence-electron chi connectivity index (χ1n) is 21.2. The van der Waals surface area contributed by atoms with Crippen LogP contribution in [0.15, 0.2) is 140 Å². The molecule has 0 radical (unpaired) electrons. The van der Waals surface area contributed by atoms with E-state index in [-0.39, 0.29) is 16.2 Å². The Hall–Kier alpha value is -4.88. The van der Waals surface area contributed by atoms with Crippen LogP contribution in [0, 0.1) is 23.7 Å². The molecule has 4 fully saturated rings. The first-order chi connectivity index (χ1) is 26.7. The van der Waals surface area contributed by atoms with Crippen molar-refractivity contribution in [1.82, 2.24) is 0 Å². The monoisotopic (exact) mass is 715 g/mol. The maximum Gasteiger partial charge on any atom is 0.0474 e. The Kier molecular flexibility index (Phi) is 7.34. The molecule has 0 N–H and O–H groups in total. The molecule has 0 aliphatic heterocycles. The lowest BCUT2D eigenvalue weighted by Crippen LogP contribution is -2.55. The van der Waals surface area contributed by atoms with Crippen LogP contribution in [-0.2, 0) is 16.2 Å². The number of nitrogens with zero attached hydrogens (tertiary/aromatic N) is 1. The molecular weight excluding hydrogens is 663 g/mol. The summed E-state index contributed by atoms with van der Waals surface area (Å²) in [6.45, 7) is 9.78. The van der Waals surface area contributed by atoms with Crippen molar-refractivity contribution in [1.29, 1.82) is 0 Å². The second kappa shape index (κ2) is 12.1. The number of rotatable bonds is 5. The minimum absolute atomic E-state index is 0.0899. The zero-order valence-electron chi connectivity index (χ0n) is 33.0. The van der Waals surface area contributed by atoms with Gasteiger partial charge in [-0.2, -0.15) is 0 Å². The fourth-order valence-corrected chi connectivity index (χ4v) is 12.8. The molecule has 0 unspecified atom stereocenters. The van der Waals surface area contributed by atoms with E-state index < -0.39 is 0 Å². The summed E-state index contributed by atoms with van der Waals surface area (Å²) in [5.41, 5.74) is 18.5. The number of benzene rings is 6. The highest BCUT2D eigenvalue weighted by molar-refractivity contribution is 5.94. The predicted octanol–water partition coefficient (Wildman–Crippen LogP) is 14.6. The molecule has 1 spiro atoms. The summed E-state index contributed by atoms with van der Waals surface area (Å²) in [7, 11) is 0. The SMILES string of the molecule is CC1(C)CCC(C)(C)c2cc(N(c3ccc(-c4ccccc4)cc3)c3cc(-c4ccccc4)c4c(c3)-c3ccccc3C43C4CC5CC(C4)CC3C5)ccc21. The second-order valence-corrected chi connectivity index (χ2v) is 19.2. The fraction of sp³-hybridized carbons (Fsp3) is 0.333. The third-order valence-electron chi connectivity index (χ3n) is 15.3. The molecule has 6 aromatic carbocycles. The lowest BCUT2D eigenvalue weighted by atomic mass is 9.42. The molecule has 6 aromatic rings. The summed E-state index contributed by atoms with van der Waals surface area (Å²) >= 11 is 0. The molecule has 274 valence electrons. The molecule has 0 amide bonds. The zero-order chi connectivity index (χ0) is 37.1. The first-order valence-corrected chi connectivity index (χ1v) is 21.2. The zero-order valence-corrected chi connectivity index (χ0v) is 33.0. The van der Waals surface area contributed by atoms with Crippen LogP contribution in [-0.4, -0.2) is 0 Å². The van der Waals surface area contributed by atoms with Gasteiger partial charge in [0.25, 0.3) is 0 Å². The summed E-state index contributed by atoms with van der Waals surface area (Å²) < 4.78 is 0. The van der Waals surface area contributed by atoms with E-state index in [4.69, 9.17) is 0 Å².